The molecule has 0 amide bonds. The molecule has 0 fully saturated rings. The molecule has 0 heterocycles. The smallest absolute Gasteiger partial charge is 0.198 e. The van der Waals surface area contributed by atoms with Gasteiger partial charge in [-0.15, -0.1) is 0 Å². The number of rotatable bonds is 2. The Balaban J connectivity index is 2.53. The lowest BCUT2D eigenvalue weighted by molar-refractivity contribution is 0.356. The van der Waals surface area contributed by atoms with Crippen molar-refractivity contribution in [1.29, 1.82) is 0 Å². The SMILES string of the molecule is COc1cc2c(cc1OC)c1c(F)c(F)c(F)c(F)c1c1c(F)c(F)c(F)c(F)c21. The van der Waals surface area contributed by atoms with Gasteiger partial charge in [0.1, 0.15) is 0 Å². The minimum Gasteiger partial charge on any atom is -0.493 e. The van der Waals surface area contributed by atoms with Gasteiger partial charge in [-0.3, -0.25) is 0 Å². The Kier molecular flexibility index (Phi) is 4.41. The quantitative estimate of drug-likeness (QED) is 0.161. The predicted molar refractivity (Wildman–Crippen MR) is 91.7 cm³/mol. The second-order valence-electron chi connectivity index (χ2n) is 6.26. The second kappa shape index (κ2) is 6.61. The van der Waals surface area contributed by atoms with Gasteiger partial charge in [-0.25, -0.2) is 35.1 Å². The minimum absolute atomic E-state index is 0.112. The van der Waals surface area contributed by atoms with Crippen molar-refractivity contribution in [2.75, 3.05) is 14.2 Å². The van der Waals surface area contributed by atoms with Crippen LogP contribution in [0.2, 0.25) is 0 Å². The first-order valence-electron chi connectivity index (χ1n) is 8.14. The van der Waals surface area contributed by atoms with Gasteiger partial charge in [-0.2, -0.15) is 0 Å². The van der Waals surface area contributed by atoms with Crippen LogP contribution in [0.25, 0.3) is 32.3 Å². The molecular formula is C20H8F8O2. The Morgan fingerprint density at radius 1 is 0.433 bits per heavy atom. The topological polar surface area (TPSA) is 18.5 Å². The molecule has 0 atom stereocenters. The van der Waals surface area contributed by atoms with Gasteiger partial charge in [0.15, 0.2) is 58.0 Å². The van der Waals surface area contributed by atoms with Crippen molar-refractivity contribution in [3.63, 3.8) is 0 Å². The minimum atomic E-state index is -2.33. The highest BCUT2D eigenvalue weighted by Crippen LogP contribution is 2.45. The standard InChI is InChI=1S/C20H8F8O2/c1-29-7-3-5-6(4-8(7)30-2)10-12(16(24)20(28)18(26)14(10)22)11-9(5)13(21)17(25)19(27)15(11)23/h3-4H,1-2H3. The van der Waals surface area contributed by atoms with E-state index in [1.807, 2.05) is 0 Å². The summed E-state index contributed by atoms with van der Waals surface area (Å²) < 4.78 is 124. The van der Waals surface area contributed by atoms with Crippen molar-refractivity contribution in [2.45, 2.75) is 0 Å². The Bertz CT molecular complexity index is 1290. The highest BCUT2D eigenvalue weighted by molar-refractivity contribution is 6.26. The van der Waals surface area contributed by atoms with Crippen LogP contribution in [0.3, 0.4) is 0 Å². The average Bonchev–Trinajstić information content (AvgIpc) is 2.75. The summed E-state index contributed by atoms with van der Waals surface area (Å²) in [5.41, 5.74) is 0. The Hall–Kier alpha value is -3.30. The number of ether oxygens (including phenoxy) is 2. The fourth-order valence-electron chi connectivity index (χ4n) is 3.53. The molecule has 0 saturated carbocycles. The highest BCUT2D eigenvalue weighted by Gasteiger charge is 2.31. The summed E-state index contributed by atoms with van der Waals surface area (Å²) >= 11 is 0. The van der Waals surface area contributed by atoms with E-state index in [0.717, 1.165) is 12.1 Å². The number of methoxy groups -OCH3 is 2. The lowest BCUT2D eigenvalue weighted by Gasteiger charge is -2.17. The fraction of sp³-hybridized carbons (Fsp3) is 0.100. The number of hydrogen-bond donors (Lipinski definition) is 0. The fourth-order valence-corrected chi connectivity index (χ4v) is 3.53. The van der Waals surface area contributed by atoms with Crippen molar-refractivity contribution >= 4 is 32.3 Å². The molecule has 4 aromatic rings. The van der Waals surface area contributed by atoms with Gasteiger partial charge in [0.2, 0.25) is 0 Å². The molecule has 0 bridgehead atoms. The summed E-state index contributed by atoms with van der Waals surface area (Å²) in [6.07, 6.45) is 0. The Labute approximate surface area is 162 Å². The van der Waals surface area contributed by atoms with E-state index in [-0.39, 0.29) is 11.5 Å². The van der Waals surface area contributed by atoms with Crippen molar-refractivity contribution in [3.8, 4) is 11.5 Å². The van der Waals surface area contributed by atoms with Gasteiger partial charge in [-0.05, 0) is 22.9 Å². The van der Waals surface area contributed by atoms with Gasteiger partial charge in [-0.1, -0.05) is 0 Å². The summed E-state index contributed by atoms with van der Waals surface area (Å²) in [5.74, 6) is -17.4. The van der Waals surface area contributed by atoms with Crippen LogP contribution in [-0.2, 0) is 0 Å². The van der Waals surface area contributed by atoms with Crippen LogP contribution in [0, 0.1) is 46.5 Å². The molecule has 4 rings (SSSR count). The monoisotopic (exact) mass is 432 g/mol. The number of hydrogen-bond acceptors (Lipinski definition) is 2. The van der Waals surface area contributed by atoms with Gasteiger partial charge >= 0.3 is 0 Å². The third kappa shape index (κ3) is 2.36. The molecule has 0 aromatic heterocycles. The number of fused-ring (bicyclic) bond motifs is 6. The van der Waals surface area contributed by atoms with Gasteiger partial charge < -0.3 is 9.47 Å². The summed E-state index contributed by atoms with van der Waals surface area (Å²) in [4.78, 5) is 0. The second-order valence-corrected chi connectivity index (χ2v) is 6.26. The van der Waals surface area contributed by atoms with Gasteiger partial charge in [0, 0.05) is 21.5 Å². The Morgan fingerprint density at radius 3 is 0.967 bits per heavy atom. The van der Waals surface area contributed by atoms with Crippen LogP contribution >= 0.6 is 0 Å². The molecular weight excluding hydrogens is 424 g/mol. The van der Waals surface area contributed by atoms with E-state index < -0.39 is 78.9 Å². The van der Waals surface area contributed by atoms with Crippen LogP contribution in [0.5, 0.6) is 11.5 Å². The molecule has 0 aliphatic rings. The molecule has 0 radical (unpaired) electrons. The van der Waals surface area contributed by atoms with Crippen LogP contribution in [0.15, 0.2) is 12.1 Å². The van der Waals surface area contributed by atoms with Crippen molar-refractivity contribution in [1.82, 2.24) is 0 Å². The first kappa shape index (κ1) is 20.0. The normalized spacial score (nSPS) is 11.7. The molecule has 10 heteroatoms. The largest absolute Gasteiger partial charge is 0.493 e. The number of benzene rings is 4. The first-order valence-corrected chi connectivity index (χ1v) is 8.14. The van der Waals surface area contributed by atoms with E-state index in [1.165, 1.54) is 14.2 Å². The zero-order valence-corrected chi connectivity index (χ0v) is 15.0. The summed E-state index contributed by atoms with van der Waals surface area (Å²) in [6, 6.07) is 1.93. The molecule has 0 spiro atoms. The third-order valence-electron chi connectivity index (χ3n) is 4.85. The third-order valence-corrected chi connectivity index (χ3v) is 4.85. The summed E-state index contributed by atoms with van der Waals surface area (Å²) in [5, 5.41) is -5.57. The van der Waals surface area contributed by atoms with E-state index in [1.54, 1.807) is 0 Å². The van der Waals surface area contributed by atoms with E-state index >= 15 is 0 Å². The average molecular weight is 432 g/mol. The summed E-state index contributed by atoms with van der Waals surface area (Å²) in [7, 11) is 2.33. The molecule has 0 unspecified atom stereocenters. The van der Waals surface area contributed by atoms with Crippen molar-refractivity contribution in [3.05, 3.63) is 58.7 Å². The predicted octanol–water partition coefficient (Wildman–Crippen LogP) is 6.28. The van der Waals surface area contributed by atoms with Crippen LogP contribution in [0.1, 0.15) is 0 Å². The van der Waals surface area contributed by atoms with E-state index in [2.05, 4.69) is 0 Å². The molecule has 0 saturated heterocycles. The number of halogens is 8. The van der Waals surface area contributed by atoms with Crippen LogP contribution < -0.4 is 9.47 Å². The molecule has 30 heavy (non-hydrogen) atoms. The molecule has 156 valence electrons. The lowest BCUT2D eigenvalue weighted by atomic mass is 9.92. The molecule has 0 aliphatic carbocycles. The van der Waals surface area contributed by atoms with Gasteiger partial charge in [0.25, 0.3) is 0 Å². The molecule has 0 N–H and O–H groups in total. The van der Waals surface area contributed by atoms with Crippen LogP contribution in [0.4, 0.5) is 35.1 Å². The van der Waals surface area contributed by atoms with E-state index in [4.69, 9.17) is 9.47 Å². The first-order chi connectivity index (χ1) is 14.1. The van der Waals surface area contributed by atoms with Crippen molar-refractivity contribution < 1.29 is 44.6 Å². The molecule has 0 aliphatic heterocycles. The Morgan fingerprint density at radius 2 is 0.700 bits per heavy atom. The summed E-state index contributed by atoms with van der Waals surface area (Å²) in [6.45, 7) is 0. The molecule has 4 aromatic carbocycles. The van der Waals surface area contributed by atoms with Crippen molar-refractivity contribution in [2.24, 2.45) is 0 Å². The molecule has 2 nitrogen and oxygen atoms in total. The zero-order chi connectivity index (χ0) is 22.1. The highest BCUT2D eigenvalue weighted by atomic mass is 19.2. The maximum Gasteiger partial charge on any atom is 0.198 e. The maximum atomic E-state index is 14.7. The maximum absolute atomic E-state index is 14.7. The van der Waals surface area contributed by atoms with Crippen LogP contribution in [-0.4, -0.2) is 14.2 Å². The van der Waals surface area contributed by atoms with E-state index in [0.29, 0.717) is 0 Å². The van der Waals surface area contributed by atoms with E-state index in [9.17, 15) is 35.1 Å². The zero-order valence-electron chi connectivity index (χ0n) is 15.0. The van der Waals surface area contributed by atoms with Gasteiger partial charge in [0.05, 0.1) is 14.2 Å². The lowest BCUT2D eigenvalue weighted by Crippen LogP contribution is -2.05.